The molecule has 2 heterocycles. The van der Waals surface area contributed by atoms with Gasteiger partial charge in [0.2, 0.25) is 0 Å². The SMILES string of the molecule is CCOC(=O)C1=C(C)NC(=O)N[C@@H]1c1cc2ccc(C)c(C)c2[nH]c1=O. The number of nitrogens with one attached hydrogen (secondary N) is 3. The van der Waals surface area contributed by atoms with Gasteiger partial charge in [0.25, 0.3) is 5.56 Å². The zero-order valence-corrected chi connectivity index (χ0v) is 15.1. The highest BCUT2D eigenvalue weighted by atomic mass is 16.5. The topological polar surface area (TPSA) is 100 Å². The largest absolute Gasteiger partial charge is 0.463 e. The third-order valence-electron chi connectivity index (χ3n) is 4.66. The van der Waals surface area contributed by atoms with Gasteiger partial charge in [-0.25, -0.2) is 9.59 Å². The number of hydrogen-bond acceptors (Lipinski definition) is 4. The van der Waals surface area contributed by atoms with Crippen molar-refractivity contribution in [1.29, 1.82) is 0 Å². The van der Waals surface area contributed by atoms with Crippen LogP contribution in [-0.4, -0.2) is 23.6 Å². The van der Waals surface area contributed by atoms with Crippen molar-refractivity contribution in [2.24, 2.45) is 0 Å². The molecule has 1 aliphatic heterocycles. The molecule has 0 unspecified atom stereocenters. The molecule has 0 fully saturated rings. The number of esters is 1. The van der Waals surface area contributed by atoms with Crippen molar-refractivity contribution in [2.75, 3.05) is 6.61 Å². The maximum absolute atomic E-state index is 12.7. The van der Waals surface area contributed by atoms with Gasteiger partial charge in [0.15, 0.2) is 0 Å². The number of H-pyrrole nitrogens is 1. The van der Waals surface area contributed by atoms with E-state index in [1.165, 1.54) is 0 Å². The van der Waals surface area contributed by atoms with Crippen LogP contribution in [0.15, 0.2) is 34.3 Å². The Kier molecular flexibility index (Phi) is 4.54. The fourth-order valence-corrected chi connectivity index (χ4v) is 3.16. The summed E-state index contributed by atoms with van der Waals surface area (Å²) < 4.78 is 5.10. The zero-order valence-electron chi connectivity index (χ0n) is 15.1. The summed E-state index contributed by atoms with van der Waals surface area (Å²) in [5, 5.41) is 6.04. The zero-order chi connectivity index (χ0) is 19.0. The quantitative estimate of drug-likeness (QED) is 0.736. The molecule has 0 aliphatic carbocycles. The number of allylic oxidation sites excluding steroid dienone is 1. The number of benzene rings is 1. The standard InChI is InChI=1S/C19H21N3O4/c1-5-26-18(24)14-11(4)20-19(25)22-16(14)13-8-12-7-6-9(2)10(3)15(12)21-17(13)23/h6-8,16H,5H2,1-4H3,(H,21,23)(H2,20,22,25)/t16-/m1/s1. The average molecular weight is 355 g/mol. The Balaban J connectivity index is 2.20. The normalized spacial score (nSPS) is 17.1. The van der Waals surface area contributed by atoms with Crippen LogP contribution in [0.5, 0.6) is 0 Å². The number of rotatable bonds is 3. The number of carbonyl (C=O) groups excluding carboxylic acids is 2. The van der Waals surface area contributed by atoms with Crippen molar-refractivity contribution < 1.29 is 14.3 Å². The van der Waals surface area contributed by atoms with Gasteiger partial charge >= 0.3 is 12.0 Å². The molecule has 1 aromatic carbocycles. The summed E-state index contributed by atoms with van der Waals surface area (Å²) in [5.74, 6) is -0.568. The number of aryl methyl sites for hydroxylation is 2. The van der Waals surface area contributed by atoms with Gasteiger partial charge in [-0.3, -0.25) is 4.79 Å². The Morgan fingerprint density at radius 3 is 2.62 bits per heavy atom. The van der Waals surface area contributed by atoms with Crippen LogP contribution in [0.1, 0.15) is 36.6 Å². The molecule has 1 aromatic heterocycles. The van der Waals surface area contributed by atoms with E-state index < -0.39 is 18.0 Å². The highest BCUT2D eigenvalue weighted by Gasteiger charge is 2.33. The summed E-state index contributed by atoms with van der Waals surface area (Å²) >= 11 is 0. The van der Waals surface area contributed by atoms with Gasteiger partial charge < -0.3 is 20.4 Å². The minimum Gasteiger partial charge on any atom is -0.463 e. The molecule has 1 atom stereocenters. The van der Waals surface area contributed by atoms with Crippen LogP contribution in [0.3, 0.4) is 0 Å². The van der Waals surface area contributed by atoms with Crippen molar-refractivity contribution in [3.63, 3.8) is 0 Å². The second-order valence-corrected chi connectivity index (χ2v) is 6.32. The monoisotopic (exact) mass is 355 g/mol. The van der Waals surface area contributed by atoms with Crippen LogP contribution >= 0.6 is 0 Å². The first-order valence-corrected chi connectivity index (χ1v) is 8.42. The molecule has 0 saturated heterocycles. The summed E-state index contributed by atoms with van der Waals surface area (Å²) in [6, 6.07) is 4.23. The second-order valence-electron chi connectivity index (χ2n) is 6.32. The summed E-state index contributed by atoms with van der Waals surface area (Å²) in [4.78, 5) is 39.9. The highest BCUT2D eigenvalue weighted by molar-refractivity contribution is 5.95. The number of aromatic nitrogens is 1. The van der Waals surface area contributed by atoms with Crippen LogP contribution in [0.4, 0.5) is 4.79 Å². The van der Waals surface area contributed by atoms with Crippen LogP contribution in [0.25, 0.3) is 10.9 Å². The lowest BCUT2D eigenvalue weighted by Crippen LogP contribution is -2.46. The Morgan fingerprint density at radius 1 is 1.19 bits per heavy atom. The third-order valence-corrected chi connectivity index (χ3v) is 4.66. The van der Waals surface area contributed by atoms with E-state index in [9.17, 15) is 14.4 Å². The number of pyridine rings is 1. The van der Waals surface area contributed by atoms with Gasteiger partial charge in [-0.2, -0.15) is 0 Å². The Morgan fingerprint density at radius 2 is 1.92 bits per heavy atom. The summed E-state index contributed by atoms with van der Waals surface area (Å²) in [7, 11) is 0. The number of hydrogen-bond donors (Lipinski definition) is 3. The van der Waals surface area contributed by atoms with E-state index in [1.54, 1.807) is 19.9 Å². The molecular formula is C19H21N3O4. The summed E-state index contributed by atoms with van der Waals surface area (Å²) in [6.07, 6.45) is 0. The lowest BCUT2D eigenvalue weighted by Gasteiger charge is -2.27. The molecule has 0 saturated carbocycles. The Bertz CT molecular complexity index is 1000. The maximum atomic E-state index is 12.7. The number of ether oxygens (including phenoxy) is 1. The van der Waals surface area contributed by atoms with E-state index in [1.807, 2.05) is 26.0 Å². The summed E-state index contributed by atoms with van der Waals surface area (Å²) in [5.41, 5.74) is 3.33. The fourth-order valence-electron chi connectivity index (χ4n) is 3.16. The van der Waals surface area contributed by atoms with Gasteiger partial charge in [0.05, 0.1) is 23.7 Å². The van der Waals surface area contributed by atoms with Crippen molar-refractivity contribution in [2.45, 2.75) is 33.7 Å². The van der Waals surface area contributed by atoms with Crippen LogP contribution < -0.4 is 16.2 Å². The lowest BCUT2D eigenvalue weighted by molar-refractivity contribution is -0.139. The second kappa shape index (κ2) is 6.67. The minimum atomic E-state index is -0.877. The predicted octanol–water partition coefficient (Wildman–Crippen LogP) is 2.34. The van der Waals surface area contributed by atoms with Crippen molar-refractivity contribution in [1.82, 2.24) is 15.6 Å². The van der Waals surface area contributed by atoms with E-state index >= 15 is 0 Å². The van der Waals surface area contributed by atoms with Crippen LogP contribution in [-0.2, 0) is 9.53 Å². The smallest absolute Gasteiger partial charge is 0.338 e. The number of amides is 2. The summed E-state index contributed by atoms with van der Waals surface area (Å²) in [6.45, 7) is 7.42. The Labute approximate surface area is 150 Å². The van der Waals surface area contributed by atoms with Crippen molar-refractivity contribution >= 4 is 22.9 Å². The molecular weight excluding hydrogens is 334 g/mol. The van der Waals surface area contributed by atoms with Gasteiger partial charge in [0.1, 0.15) is 0 Å². The molecule has 1 aliphatic rings. The van der Waals surface area contributed by atoms with E-state index in [0.29, 0.717) is 5.70 Å². The molecule has 26 heavy (non-hydrogen) atoms. The molecule has 0 bridgehead atoms. The predicted molar refractivity (Wildman–Crippen MR) is 97.8 cm³/mol. The first-order valence-electron chi connectivity index (χ1n) is 8.42. The molecule has 7 heteroatoms. The number of fused-ring (bicyclic) bond motifs is 1. The molecule has 0 radical (unpaired) electrons. The highest BCUT2D eigenvalue weighted by Crippen LogP contribution is 2.28. The lowest BCUT2D eigenvalue weighted by atomic mass is 9.94. The molecule has 2 amide bonds. The Hall–Kier alpha value is -3.09. The molecule has 0 spiro atoms. The average Bonchev–Trinajstić information content (AvgIpc) is 2.57. The van der Waals surface area contributed by atoms with Crippen molar-refractivity contribution in [3.8, 4) is 0 Å². The fraction of sp³-hybridized carbons (Fsp3) is 0.316. The van der Waals surface area contributed by atoms with Crippen molar-refractivity contribution in [3.05, 3.63) is 56.5 Å². The van der Waals surface area contributed by atoms with E-state index in [2.05, 4.69) is 15.6 Å². The molecule has 7 nitrogen and oxygen atoms in total. The van der Waals surface area contributed by atoms with E-state index in [4.69, 9.17) is 4.74 Å². The molecule has 3 N–H and O–H groups in total. The molecule has 136 valence electrons. The van der Waals surface area contributed by atoms with E-state index in [-0.39, 0.29) is 23.3 Å². The number of urea groups is 1. The first kappa shape index (κ1) is 17.7. The first-order chi connectivity index (χ1) is 12.3. The van der Waals surface area contributed by atoms with Crippen LogP contribution in [0, 0.1) is 13.8 Å². The van der Waals surface area contributed by atoms with Gasteiger partial charge in [-0.15, -0.1) is 0 Å². The number of carbonyl (C=O) groups is 2. The molecule has 3 rings (SSSR count). The third kappa shape index (κ3) is 2.96. The maximum Gasteiger partial charge on any atom is 0.338 e. The number of aromatic amines is 1. The van der Waals surface area contributed by atoms with Gasteiger partial charge in [-0.1, -0.05) is 12.1 Å². The van der Waals surface area contributed by atoms with Gasteiger partial charge in [0, 0.05) is 11.3 Å². The van der Waals surface area contributed by atoms with Gasteiger partial charge in [-0.05, 0) is 50.3 Å². The minimum absolute atomic E-state index is 0.197. The molecule has 2 aromatic rings. The van der Waals surface area contributed by atoms with E-state index in [0.717, 1.165) is 22.0 Å². The van der Waals surface area contributed by atoms with Crippen LogP contribution in [0.2, 0.25) is 0 Å².